The SMILES string of the molecule is CC1(C)c2ccccc2-c2ccc(N(c3ccc(-c4ccccc4)cc3)c3ccc(C4(c5ccccc5Br)C5=C(C=CCC5c5ccccc5)c5ccccc54)cc3)cc21. The molecule has 2 atom stereocenters. The van der Waals surface area contributed by atoms with Gasteiger partial charge in [0.25, 0.3) is 0 Å². The first-order valence-corrected chi connectivity index (χ1v) is 21.9. The van der Waals surface area contributed by atoms with Crippen molar-refractivity contribution in [1.82, 2.24) is 0 Å². The molecule has 0 heterocycles. The van der Waals surface area contributed by atoms with E-state index in [1.807, 2.05) is 0 Å². The zero-order chi connectivity index (χ0) is 40.4. The molecular formula is C58H44BrN. The van der Waals surface area contributed by atoms with Crippen molar-refractivity contribution < 1.29 is 0 Å². The highest BCUT2D eigenvalue weighted by Crippen LogP contribution is 2.62. The molecule has 8 aromatic rings. The van der Waals surface area contributed by atoms with E-state index in [2.05, 4.69) is 247 Å². The monoisotopic (exact) mass is 833 g/mol. The quantitative estimate of drug-likeness (QED) is 0.155. The third-order valence-electron chi connectivity index (χ3n) is 13.4. The van der Waals surface area contributed by atoms with Crippen molar-refractivity contribution >= 4 is 38.6 Å². The molecule has 8 aromatic carbocycles. The minimum atomic E-state index is -0.526. The van der Waals surface area contributed by atoms with Gasteiger partial charge in [-0.2, -0.15) is 0 Å². The molecule has 3 aliphatic carbocycles. The molecule has 2 unspecified atom stereocenters. The maximum Gasteiger partial charge on any atom is 0.0693 e. The second-order valence-electron chi connectivity index (χ2n) is 16.9. The van der Waals surface area contributed by atoms with Gasteiger partial charge in [0.05, 0.1) is 5.41 Å². The van der Waals surface area contributed by atoms with Crippen molar-refractivity contribution in [2.24, 2.45) is 0 Å². The van der Waals surface area contributed by atoms with Crippen LogP contribution in [0.15, 0.2) is 222 Å². The maximum atomic E-state index is 4.10. The van der Waals surface area contributed by atoms with Gasteiger partial charge in [0.15, 0.2) is 0 Å². The molecule has 1 nitrogen and oxygen atoms in total. The third-order valence-corrected chi connectivity index (χ3v) is 14.1. The first-order valence-electron chi connectivity index (χ1n) is 21.1. The lowest BCUT2D eigenvalue weighted by Gasteiger charge is -2.40. The topological polar surface area (TPSA) is 3.24 Å². The number of allylic oxidation sites excluding steroid dienone is 4. The maximum absolute atomic E-state index is 4.10. The van der Waals surface area contributed by atoms with E-state index < -0.39 is 5.41 Å². The number of hydrogen-bond acceptors (Lipinski definition) is 1. The van der Waals surface area contributed by atoms with Gasteiger partial charge in [0, 0.05) is 32.9 Å². The highest BCUT2D eigenvalue weighted by atomic mass is 79.9. The van der Waals surface area contributed by atoms with E-state index in [4.69, 9.17) is 0 Å². The lowest BCUT2D eigenvalue weighted by Crippen LogP contribution is -2.33. The highest BCUT2D eigenvalue weighted by molar-refractivity contribution is 9.10. The molecule has 11 rings (SSSR count). The van der Waals surface area contributed by atoms with Crippen LogP contribution in [0.25, 0.3) is 27.8 Å². The van der Waals surface area contributed by atoms with Gasteiger partial charge in [-0.25, -0.2) is 0 Å². The van der Waals surface area contributed by atoms with E-state index in [0.717, 1.165) is 28.0 Å². The number of halogens is 1. The molecule has 0 bridgehead atoms. The van der Waals surface area contributed by atoms with Crippen molar-refractivity contribution in [3.63, 3.8) is 0 Å². The lowest BCUT2D eigenvalue weighted by atomic mass is 9.62. The molecular weight excluding hydrogens is 791 g/mol. The zero-order valence-electron chi connectivity index (χ0n) is 33.8. The van der Waals surface area contributed by atoms with Gasteiger partial charge >= 0.3 is 0 Å². The Kier molecular flexibility index (Phi) is 8.76. The Hall–Kier alpha value is -6.48. The van der Waals surface area contributed by atoms with Crippen LogP contribution in [-0.2, 0) is 10.8 Å². The van der Waals surface area contributed by atoms with Gasteiger partial charge in [0.1, 0.15) is 0 Å². The molecule has 60 heavy (non-hydrogen) atoms. The van der Waals surface area contributed by atoms with Crippen molar-refractivity contribution in [3.8, 4) is 22.3 Å². The first-order chi connectivity index (χ1) is 29.4. The van der Waals surface area contributed by atoms with Gasteiger partial charge in [-0.1, -0.05) is 200 Å². The highest BCUT2D eigenvalue weighted by Gasteiger charge is 2.51. The number of fused-ring (bicyclic) bond motifs is 5. The van der Waals surface area contributed by atoms with Crippen molar-refractivity contribution in [2.75, 3.05) is 4.90 Å². The fourth-order valence-electron chi connectivity index (χ4n) is 10.7. The second-order valence-corrected chi connectivity index (χ2v) is 17.8. The zero-order valence-corrected chi connectivity index (χ0v) is 35.4. The Labute approximate surface area is 362 Å². The van der Waals surface area contributed by atoms with E-state index >= 15 is 0 Å². The molecule has 0 fully saturated rings. The van der Waals surface area contributed by atoms with Crippen LogP contribution in [-0.4, -0.2) is 0 Å². The summed E-state index contributed by atoms with van der Waals surface area (Å²) in [5.74, 6) is 0.212. The van der Waals surface area contributed by atoms with E-state index in [1.165, 1.54) is 72.3 Å². The smallest absolute Gasteiger partial charge is 0.0693 e. The lowest BCUT2D eigenvalue weighted by molar-refractivity contribution is 0.641. The molecule has 2 heteroatoms. The molecule has 288 valence electrons. The normalized spacial score (nSPS) is 18.1. The summed E-state index contributed by atoms with van der Waals surface area (Å²) in [6, 6.07) is 74.3. The van der Waals surface area contributed by atoms with Gasteiger partial charge < -0.3 is 4.90 Å². The van der Waals surface area contributed by atoms with E-state index in [9.17, 15) is 0 Å². The van der Waals surface area contributed by atoms with E-state index in [-0.39, 0.29) is 11.3 Å². The Morgan fingerprint density at radius 3 is 1.75 bits per heavy atom. The Bertz CT molecular complexity index is 2980. The van der Waals surface area contributed by atoms with E-state index in [1.54, 1.807) is 0 Å². The minimum absolute atomic E-state index is 0.116. The molecule has 0 aromatic heterocycles. The predicted octanol–water partition coefficient (Wildman–Crippen LogP) is 15.7. The molecule has 0 N–H and O–H groups in total. The first kappa shape index (κ1) is 36.6. The Balaban J connectivity index is 1.11. The van der Waals surface area contributed by atoms with Crippen LogP contribution in [0.1, 0.15) is 65.1 Å². The van der Waals surface area contributed by atoms with Gasteiger partial charge in [0.2, 0.25) is 0 Å². The number of benzene rings is 8. The average molecular weight is 835 g/mol. The number of hydrogen-bond donors (Lipinski definition) is 0. The third kappa shape index (κ3) is 5.58. The van der Waals surface area contributed by atoms with E-state index in [0.29, 0.717) is 0 Å². The molecule has 0 amide bonds. The molecule has 0 saturated carbocycles. The van der Waals surface area contributed by atoms with Crippen LogP contribution in [0.3, 0.4) is 0 Å². The summed E-state index contributed by atoms with van der Waals surface area (Å²) in [6.07, 6.45) is 5.71. The molecule has 3 aliphatic rings. The summed E-state index contributed by atoms with van der Waals surface area (Å²) < 4.78 is 1.11. The fraction of sp³-hybridized carbons (Fsp3) is 0.103. The largest absolute Gasteiger partial charge is 0.310 e. The molecule has 0 aliphatic heterocycles. The minimum Gasteiger partial charge on any atom is -0.310 e. The van der Waals surface area contributed by atoms with Gasteiger partial charge in [-0.3, -0.25) is 0 Å². The standard InChI is InChI=1S/C58H44BrN/c1-57(2)51-24-11-9-20-47(51)49-37-36-45(38-54(49)57)60(43-32-28-40(29-33-43)39-16-5-3-6-17-39)44-34-30-42(31-35-44)58(53-26-13-14-27-55(53)59)52-25-12-10-21-48(52)50-23-15-22-46(56(50)58)41-18-7-4-8-19-41/h3-21,23-38,46H,22H2,1-2H3. The molecule has 0 spiro atoms. The summed E-state index contributed by atoms with van der Waals surface area (Å²) in [5, 5.41) is 0. The summed E-state index contributed by atoms with van der Waals surface area (Å²) in [5.41, 5.74) is 19.9. The van der Waals surface area contributed by atoms with Crippen LogP contribution in [0.2, 0.25) is 0 Å². The van der Waals surface area contributed by atoms with Crippen molar-refractivity contribution in [1.29, 1.82) is 0 Å². The van der Waals surface area contributed by atoms with Crippen LogP contribution in [0, 0.1) is 0 Å². The van der Waals surface area contributed by atoms with Crippen LogP contribution >= 0.6 is 15.9 Å². The summed E-state index contributed by atoms with van der Waals surface area (Å²) in [4.78, 5) is 2.44. The van der Waals surface area contributed by atoms with Crippen molar-refractivity contribution in [2.45, 2.75) is 37.0 Å². The second kappa shape index (κ2) is 14.4. The predicted molar refractivity (Wildman–Crippen MR) is 254 cm³/mol. The Morgan fingerprint density at radius 2 is 1.03 bits per heavy atom. The molecule has 0 saturated heterocycles. The van der Waals surface area contributed by atoms with Crippen LogP contribution in [0.4, 0.5) is 17.1 Å². The Morgan fingerprint density at radius 1 is 0.483 bits per heavy atom. The van der Waals surface area contributed by atoms with Crippen LogP contribution in [0.5, 0.6) is 0 Å². The number of nitrogens with zero attached hydrogens (tertiary/aromatic N) is 1. The fourth-order valence-corrected chi connectivity index (χ4v) is 11.3. The number of rotatable bonds is 7. The average Bonchev–Trinajstić information content (AvgIpc) is 3.73. The summed E-state index contributed by atoms with van der Waals surface area (Å²) in [7, 11) is 0. The van der Waals surface area contributed by atoms with Crippen LogP contribution < -0.4 is 4.90 Å². The van der Waals surface area contributed by atoms with Gasteiger partial charge in [-0.05, 0) is 121 Å². The number of anilines is 3. The molecule has 0 radical (unpaired) electrons. The summed E-state index contributed by atoms with van der Waals surface area (Å²) in [6.45, 7) is 4.73. The summed E-state index contributed by atoms with van der Waals surface area (Å²) >= 11 is 4.10. The van der Waals surface area contributed by atoms with Crippen molar-refractivity contribution in [3.05, 3.63) is 261 Å². The van der Waals surface area contributed by atoms with Gasteiger partial charge in [-0.15, -0.1) is 0 Å².